The van der Waals surface area contributed by atoms with Crippen LogP contribution in [0.4, 0.5) is 5.13 Å². The van der Waals surface area contributed by atoms with E-state index in [-0.39, 0.29) is 30.2 Å². The molecule has 0 aliphatic carbocycles. The predicted molar refractivity (Wildman–Crippen MR) is 79.1 cm³/mol. The molecule has 1 heterocycles. The number of carbonyl (C=O) groups is 3. The van der Waals surface area contributed by atoms with Crippen LogP contribution < -0.4 is 10.6 Å². The van der Waals surface area contributed by atoms with Crippen molar-refractivity contribution in [3.05, 3.63) is 11.1 Å². The molecule has 0 aliphatic heterocycles. The zero-order valence-corrected chi connectivity index (χ0v) is 13.2. The average Bonchev–Trinajstić information content (AvgIpc) is 2.82. The first kappa shape index (κ1) is 17.1. The summed E-state index contributed by atoms with van der Waals surface area (Å²) < 4.78 is 5.05. The van der Waals surface area contributed by atoms with Crippen LogP contribution in [0.5, 0.6) is 0 Å². The van der Waals surface area contributed by atoms with Gasteiger partial charge in [0.25, 0.3) is 5.91 Å². The lowest BCUT2D eigenvalue weighted by molar-refractivity contribution is -0.151. The largest absolute Gasteiger partial charge is 0.463 e. The van der Waals surface area contributed by atoms with E-state index in [0.29, 0.717) is 5.13 Å². The molecular formula is C13H19N3O4S. The van der Waals surface area contributed by atoms with Crippen LogP contribution in [0.3, 0.4) is 0 Å². The van der Waals surface area contributed by atoms with Crippen molar-refractivity contribution in [2.24, 2.45) is 5.92 Å². The Morgan fingerprint density at radius 2 is 2.00 bits per heavy atom. The molecule has 2 amide bonds. The SMILES string of the molecule is CC(=O)Nc1nc(C(=O)NC[C@H](C)C(=O)OC(C)C)cs1. The molecule has 1 aromatic heterocycles. The second-order valence-corrected chi connectivity index (χ2v) is 5.67. The summed E-state index contributed by atoms with van der Waals surface area (Å²) in [5.41, 5.74) is 0.202. The Labute approximate surface area is 127 Å². The van der Waals surface area contributed by atoms with E-state index >= 15 is 0 Å². The highest BCUT2D eigenvalue weighted by molar-refractivity contribution is 7.14. The average molecular weight is 313 g/mol. The Morgan fingerprint density at radius 1 is 1.33 bits per heavy atom. The number of rotatable bonds is 6. The molecule has 0 aromatic carbocycles. The molecule has 0 saturated carbocycles. The Balaban J connectivity index is 2.48. The molecule has 1 rings (SSSR count). The van der Waals surface area contributed by atoms with Gasteiger partial charge in [0.1, 0.15) is 5.69 Å². The Morgan fingerprint density at radius 3 is 2.57 bits per heavy atom. The van der Waals surface area contributed by atoms with E-state index in [2.05, 4.69) is 15.6 Å². The van der Waals surface area contributed by atoms with Crippen molar-refractivity contribution >= 4 is 34.3 Å². The van der Waals surface area contributed by atoms with Crippen LogP contribution in [0.1, 0.15) is 38.2 Å². The maximum absolute atomic E-state index is 11.9. The van der Waals surface area contributed by atoms with Gasteiger partial charge in [-0.25, -0.2) is 4.98 Å². The molecule has 8 heteroatoms. The normalized spacial score (nSPS) is 11.9. The molecule has 1 atom stereocenters. The molecule has 0 aliphatic rings. The number of ether oxygens (including phenoxy) is 1. The molecule has 2 N–H and O–H groups in total. The van der Waals surface area contributed by atoms with E-state index in [1.54, 1.807) is 20.8 Å². The lowest BCUT2D eigenvalue weighted by Gasteiger charge is -2.14. The molecule has 0 radical (unpaired) electrons. The molecule has 0 spiro atoms. The zero-order valence-electron chi connectivity index (χ0n) is 12.4. The number of hydrogen-bond donors (Lipinski definition) is 2. The van der Waals surface area contributed by atoms with Gasteiger partial charge in [-0.15, -0.1) is 11.3 Å². The quantitative estimate of drug-likeness (QED) is 0.774. The fraction of sp³-hybridized carbons (Fsp3) is 0.538. The Hall–Kier alpha value is -1.96. The highest BCUT2D eigenvalue weighted by Crippen LogP contribution is 2.15. The van der Waals surface area contributed by atoms with Gasteiger partial charge in [0.15, 0.2) is 5.13 Å². The molecule has 0 fully saturated rings. The predicted octanol–water partition coefficient (Wildman–Crippen LogP) is 1.42. The van der Waals surface area contributed by atoms with Gasteiger partial charge in [0.05, 0.1) is 12.0 Å². The second kappa shape index (κ2) is 7.72. The fourth-order valence-corrected chi connectivity index (χ4v) is 2.09. The number of nitrogens with one attached hydrogen (secondary N) is 2. The zero-order chi connectivity index (χ0) is 16.0. The molecule has 7 nitrogen and oxygen atoms in total. The lowest BCUT2D eigenvalue weighted by atomic mass is 10.2. The van der Waals surface area contributed by atoms with Crippen molar-refractivity contribution in [1.82, 2.24) is 10.3 Å². The molecule has 0 bridgehead atoms. The standard InChI is InChI=1S/C13H19N3O4S/c1-7(2)20-12(19)8(3)5-14-11(18)10-6-21-13(16-10)15-9(4)17/h6-8H,5H2,1-4H3,(H,14,18)(H,15,16,17)/t8-/m0/s1. The number of thiazole rings is 1. The van der Waals surface area contributed by atoms with Gasteiger partial charge in [0, 0.05) is 18.8 Å². The summed E-state index contributed by atoms with van der Waals surface area (Å²) in [5, 5.41) is 7.01. The maximum Gasteiger partial charge on any atom is 0.310 e. The first-order valence-corrected chi connectivity index (χ1v) is 7.39. The van der Waals surface area contributed by atoms with Crippen LogP contribution in [0.2, 0.25) is 0 Å². The van der Waals surface area contributed by atoms with E-state index in [0.717, 1.165) is 11.3 Å². The van der Waals surface area contributed by atoms with Crippen LogP contribution >= 0.6 is 11.3 Å². The second-order valence-electron chi connectivity index (χ2n) is 4.82. The Kier molecular flexibility index (Phi) is 6.29. The molecule has 0 saturated heterocycles. The third kappa shape index (κ3) is 5.90. The van der Waals surface area contributed by atoms with Crippen LogP contribution in [0.25, 0.3) is 0 Å². The van der Waals surface area contributed by atoms with Gasteiger partial charge >= 0.3 is 5.97 Å². The van der Waals surface area contributed by atoms with Crippen molar-refractivity contribution in [3.63, 3.8) is 0 Å². The number of carbonyl (C=O) groups excluding carboxylic acids is 3. The van der Waals surface area contributed by atoms with Crippen molar-refractivity contribution in [2.45, 2.75) is 33.8 Å². The van der Waals surface area contributed by atoms with Crippen molar-refractivity contribution < 1.29 is 19.1 Å². The number of aromatic nitrogens is 1. The van der Waals surface area contributed by atoms with Gasteiger partial charge in [0.2, 0.25) is 5.91 Å². The third-order valence-electron chi connectivity index (χ3n) is 2.34. The summed E-state index contributed by atoms with van der Waals surface area (Å²) in [6.07, 6.45) is -0.186. The van der Waals surface area contributed by atoms with Crippen LogP contribution in [-0.2, 0) is 14.3 Å². The number of nitrogens with zero attached hydrogens (tertiary/aromatic N) is 1. The fourth-order valence-electron chi connectivity index (χ4n) is 1.35. The first-order chi connectivity index (χ1) is 9.79. The number of hydrogen-bond acceptors (Lipinski definition) is 6. The summed E-state index contributed by atoms with van der Waals surface area (Å²) in [7, 11) is 0. The highest BCUT2D eigenvalue weighted by atomic mass is 32.1. The minimum Gasteiger partial charge on any atom is -0.463 e. The summed E-state index contributed by atoms with van der Waals surface area (Å²) in [6.45, 7) is 6.74. The monoisotopic (exact) mass is 313 g/mol. The van der Waals surface area contributed by atoms with E-state index in [9.17, 15) is 14.4 Å². The topological polar surface area (TPSA) is 97.4 Å². The number of amides is 2. The van der Waals surface area contributed by atoms with Crippen LogP contribution in [0.15, 0.2) is 5.38 Å². The minimum atomic E-state index is -0.440. The molecule has 1 aromatic rings. The third-order valence-corrected chi connectivity index (χ3v) is 3.10. The van der Waals surface area contributed by atoms with E-state index in [1.807, 2.05) is 0 Å². The van der Waals surface area contributed by atoms with Gasteiger partial charge in [-0.1, -0.05) is 6.92 Å². The smallest absolute Gasteiger partial charge is 0.310 e. The van der Waals surface area contributed by atoms with Gasteiger partial charge in [-0.05, 0) is 13.8 Å². The summed E-state index contributed by atoms with van der Waals surface area (Å²) in [4.78, 5) is 38.3. The van der Waals surface area contributed by atoms with E-state index in [1.165, 1.54) is 12.3 Å². The molecule has 21 heavy (non-hydrogen) atoms. The van der Waals surface area contributed by atoms with Crippen molar-refractivity contribution in [2.75, 3.05) is 11.9 Å². The van der Waals surface area contributed by atoms with Gasteiger partial charge in [-0.2, -0.15) is 0 Å². The highest BCUT2D eigenvalue weighted by Gasteiger charge is 2.18. The summed E-state index contributed by atoms with van der Waals surface area (Å²) in [5.74, 6) is -1.44. The maximum atomic E-state index is 11.9. The molecular weight excluding hydrogens is 294 g/mol. The van der Waals surface area contributed by atoms with Crippen molar-refractivity contribution in [3.8, 4) is 0 Å². The van der Waals surface area contributed by atoms with E-state index < -0.39 is 11.8 Å². The minimum absolute atomic E-state index is 0.164. The van der Waals surface area contributed by atoms with Crippen LogP contribution in [-0.4, -0.2) is 35.4 Å². The molecule has 0 unspecified atom stereocenters. The van der Waals surface area contributed by atoms with Crippen LogP contribution in [0, 0.1) is 5.92 Å². The Bertz CT molecular complexity index is 527. The first-order valence-electron chi connectivity index (χ1n) is 6.51. The summed E-state index contributed by atoms with van der Waals surface area (Å²) in [6, 6.07) is 0. The van der Waals surface area contributed by atoms with E-state index in [4.69, 9.17) is 4.74 Å². The lowest BCUT2D eigenvalue weighted by Crippen LogP contribution is -2.33. The van der Waals surface area contributed by atoms with Gasteiger partial charge in [-0.3, -0.25) is 14.4 Å². The molecule has 116 valence electrons. The number of anilines is 1. The number of esters is 1. The summed E-state index contributed by atoms with van der Waals surface area (Å²) >= 11 is 1.16. The van der Waals surface area contributed by atoms with Gasteiger partial charge < -0.3 is 15.4 Å². The van der Waals surface area contributed by atoms with Crippen molar-refractivity contribution in [1.29, 1.82) is 0 Å².